The van der Waals surface area contributed by atoms with Gasteiger partial charge < -0.3 is 10.4 Å². The van der Waals surface area contributed by atoms with Gasteiger partial charge in [-0.05, 0) is 45.9 Å². The van der Waals surface area contributed by atoms with Gasteiger partial charge in [-0.1, -0.05) is 12.2 Å². The van der Waals surface area contributed by atoms with Crippen LogP contribution in [0.15, 0.2) is 24.3 Å². The minimum atomic E-state index is -0.268. The standard InChI is InChI=1S/C14H19NO2/c1-5-6-10-9-11(7-8-12(10)16)13(17)15-14(2,3)4/h5-9,16H,1-4H3,(H,15,17)/b6-5+. The first kappa shape index (κ1) is 13.3. The van der Waals surface area contributed by atoms with Crippen molar-refractivity contribution in [3.05, 3.63) is 35.4 Å². The third-order valence-electron chi connectivity index (χ3n) is 2.12. The average Bonchev–Trinajstić information content (AvgIpc) is 2.19. The number of carbonyl (C=O) groups excluding carboxylic acids is 1. The molecule has 0 atom stereocenters. The van der Waals surface area contributed by atoms with Crippen LogP contribution in [0.3, 0.4) is 0 Å². The Morgan fingerprint density at radius 2 is 2.00 bits per heavy atom. The fourth-order valence-corrected chi connectivity index (χ4v) is 1.42. The number of carbonyl (C=O) groups is 1. The van der Waals surface area contributed by atoms with Crippen LogP contribution >= 0.6 is 0 Å². The summed E-state index contributed by atoms with van der Waals surface area (Å²) >= 11 is 0. The van der Waals surface area contributed by atoms with Crippen molar-refractivity contribution in [1.29, 1.82) is 0 Å². The van der Waals surface area contributed by atoms with E-state index in [0.29, 0.717) is 11.1 Å². The van der Waals surface area contributed by atoms with E-state index in [4.69, 9.17) is 0 Å². The highest BCUT2D eigenvalue weighted by Gasteiger charge is 2.15. The van der Waals surface area contributed by atoms with Gasteiger partial charge in [-0.25, -0.2) is 0 Å². The van der Waals surface area contributed by atoms with Crippen molar-refractivity contribution in [2.45, 2.75) is 33.2 Å². The van der Waals surface area contributed by atoms with Crippen LogP contribution in [0.5, 0.6) is 5.75 Å². The molecule has 92 valence electrons. The molecule has 3 nitrogen and oxygen atoms in total. The molecule has 0 aromatic heterocycles. The molecule has 3 heteroatoms. The van der Waals surface area contributed by atoms with Gasteiger partial charge >= 0.3 is 0 Å². The molecule has 0 bridgehead atoms. The summed E-state index contributed by atoms with van der Waals surface area (Å²) in [6.45, 7) is 7.65. The number of benzene rings is 1. The highest BCUT2D eigenvalue weighted by Crippen LogP contribution is 2.20. The Morgan fingerprint density at radius 3 is 2.53 bits per heavy atom. The van der Waals surface area contributed by atoms with Crippen LogP contribution in [0.2, 0.25) is 0 Å². The third kappa shape index (κ3) is 3.94. The second kappa shape index (κ2) is 5.04. The van der Waals surface area contributed by atoms with Gasteiger partial charge in [-0.3, -0.25) is 4.79 Å². The van der Waals surface area contributed by atoms with Crippen molar-refractivity contribution in [2.24, 2.45) is 0 Å². The number of phenols is 1. The molecule has 1 aromatic rings. The van der Waals surface area contributed by atoms with Crippen molar-refractivity contribution >= 4 is 12.0 Å². The Kier molecular flexibility index (Phi) is 3.94. The van der Waals surface area contributed by atoms with Gasteiger partial charge in [0.25, 0.3) is 5.91 Å². The molecule has 1 rings (SSSR count). The van der Waals surface area contributed by atoms with Crippen LogP contribution in [0.25, 0.3) is 6.08 Å². The number of hydrogen-bond donors (Lipinski definition) is 2. The lowest BCUT2D eigenvalue weighted by molar-refractivity contribution is 0.0919. The molecule has 0 fully saturated rings. The van der Waals surface area contributed by atoms with Crippen LogP contribution in [0.1, 0.15) is 43.6 Å². The minimum absolute atomic E-state index is 0.136. The fraction of sp³-hybridized carbons (Fsp3) is 0.357. The second-order valence-corrected chi connectivity index (χ2v) is 4.98. The molecule has 0 unspecified atom stereocenters. The molecule has 0 saturated heterocycles. The summed E-state index contributed by atoms with van der Waals surface area (Å²) in [5.41, 5.74) is 0.926. The first-order valence-electron chi connectivity index (χ1n) is 5.62. The maximum Gasteiger partial charge on any atom is 0.251 e. The van der Waals surface area contributed by atoms with Crippen molar-refractivity contribution < 1.29 is 9.90 Å². The number of rotatable bonds is 2. The van der Waals surface area contributed by atoms with Gasteiger partial charge in [0.05, 0.1) is 0 Å². The predicted molar refractivity (Wildman–Crippen MR) is 70.0 cm³/mol. The molecule has 0 heterocycles. The van der Waals surface area contributed by atoms with Gasteiger partial charge in [-0.2, -0.15) is 0 Å². The summed E-state index contributed by atoms with van der Waals surface area (Å²) < 4.78 is 0. The lowest BCUT2D eigenvalue weighted by Crippen LogP contribution is -2.40. The number of amides is 1. The van der Waals surface area contributed by atoms with E-state index in [-0.39, 0.29) is 17.2 Å². The molecule has 0 radical (unpaired) electrons. The summed E-state index contributed by atoms with van der Waals surface area (Å²) in [6, 6.07) is 4.83. The Hall–Kier alpha value is -1.77. The molecule has 1 amide bonds. The Labute approximate surface area is 102 Å². The van der Waals surface area contributed by atoms with Crippen LogP contribution in [-0.2, 0) is 0 Å². The van der Waals surface area contributed by atoms with Gasteiger partial charge in [0.1, 0.15) is 5.75 Å². The second-order valence-electron chi connectivity index (χ2n) is 4.98. The lowest BCUT2D eigenvalue weighted by Gasteiger charge is -2.20. The third-order valence-corrected chi connectivity index (χ3v) is 2.12. The van der Waals surface area contributed by atoms with Crippen LogP contribution in [-0.4, -0.2) is 16.6 Å². The maximum atomic E-state index is 11.9. The number of allylic oxidation sites excluding steroid dienone is 1. The SMILES string of the molecule is C/C=C/c1cc(C(=O)NC(C)(C)C)ccc1O. The van der Waals surface area contributed by atoms with Crippen molar-refractivity contribution in [2.75, 3.05) is 0 Å². The van der Waals surface area contributed by atoms with E-state index < -0.39 is 0 Å². The van der Waals surface area contributed by atoms with Gasteiger partial charge in [0.2, 0.25) is 0 Å². The van der Waals surface area contributed by atoms with E-state index in [9.17, 15) is 9.90 Å². The van der Waals surface area contributed by atoms with Gasteiger partial charge in [0.15, 0.2) is 0 Å². The summed E-state index contributed by atoms with van der Waals surface area (Å²) in [5, 5.41) is 12.5. The highest BCUT2D eigenvalue weighted by molar-refractivity contribution is 5.95. The fourth-order valence-electron chi connectivity index (χ4n) is 1.42. The van der Waals surface area contributed by atoms with E-state index in [0.717, 1.165) is 0 Å². The van der Waals surface area contributed by atoms with E-state index in [2.05, 4.69) is 5.32 Å². The lowest BCUT2D eigenvalue weighted by atomic mass is 10.1. The molecule has 17 heavy (non-hydrogen) atoms. The van der Waals surface area contributed by atoms with Crippen molar-refractivity contribution in [3.8, 4) is 5.75 Å². The monoisotopic (exact) mass is 233 g/mol. The molecule has 1 aromatic carbocycles. The van der Waals surface area contributed by atoms with Crippen LogP contribution in [0.4, 0.5) is 0 Å². The number of aromatic hydroxyl groups is 1. The Balaban J connectivity index is 3.00. The molecular weight excluding hydrogens is 214 g/mol. The quantitative estimate of drug-likeness (QED) is 0.825. The van der Waals surface area contributed by atoms with E-state index in [1.807, 2.05) is 33.8 Å². The van der Waals surface area contributed by atoms with E-state index in [1.54, 1.807) is 18.2 Å². The number of hydrogen-bond acceptors (Lipinski definition) is 2. The van der Waals surface area contributed by atoms with E-state index >= 15 is 0 Å². The van der Waals surface area contributed by atoms with Gasteiger partial charge in [-0.15, -0.1) is 0 Å². The maximum absolute atomic E-state index is 11.9. The number of phenolic OH excluding ortho intramolecular Hbond substituents is 1. The first-order valence-corrected chi connectivity index (χ1v) is 5.62. The smallest absolute Gasteiger partial charge is 0.251 e. The van der Waals surface area contributed by atoms with Gasteiger partial charge in [0, 0.05) is 16.7 Å². The zero-order valence-corrected chi connectivity index (χ0v) is 10.7. The molecule has 2 N–H and O–H groups in total. The average molecular weight is 233 g/mol. The first-order chi connectivity index (χ1) is 7.83. The summed E-state index contributed by atoms with van der Waals surface area (Å²) in [7, 11) is 0. The normalized spacial score (nSPS) is 11.8. The zero-order chi connectivity index (χ0) is 13.1. The minimum Gasteiger partial charge on any atom is -0.507 e. The topological polar surface area (TPSA) is 49.3 Å². The molecule has 0 spiro atoms. The summed E-state index contributed by atoms with van der Waals surface area (Å²) in [4.78, 5) is 11.9. The summed E-state index contributed by atoms with van der Waals surface area (Å²) in [6.07, 6.45) is 3.59. The molecule has 0 saturated carbocycles. The summed E-state index contributed by atoms with van der Waals surface area (Å²) in [5.74, 6) is 0.0404. The van der Waals surface area contributed by atoms with E-state index in [1.165, 1.54) is 6.07 Å². The zero-order valence-electron chi connectivity index (χ0n) is 10.7. The van der Waals surface area contributed by atoms with Crippen LogP contribution in [0, 0.1) is 0 Å². The number of nitrogens with one attached hydrogen (secondary N) is 1. The van der Waals surface area contributed by atoms with Crippen molar-refractivity contribution in [1.82, 2.24) is 5.32 Å². The van der Waals surface area contributed by atoms with Crippen molar-refractivity contribution in [3.63, 3.8) is 0 Å². The largest absolute Gasteiger partial charge is 0.507 e. The molecular formula is C14H19NO2. The molecule has 0 aliphatic rings. The molecule has 0 aliphatic heterocycles. The highest BCUT2D eigenvalue weighted by atomic mass is 16.3. The Morgan fingerprint density at radius 1 is 1.35 bits per heavy atom. The predicted octanol–water partition coefficient (Wildman–Crippen LogP) is 2.95. The molecule has 0 aliphatic carbocycles. The Bertz CT molecular complexity index is 442. The van der Waals surface area contributed by atoms with Crippen LogP contribution < -0.4 is 5.32 Å².